The third-order valence-corrected chi connectivity index (χ3v) is 6.89. The van der Waals surface area contributed by atoms with Crippen LogP contribution in [0.4, 0.5) is 0 Å². The molecule has 1 heterocycles. The van der Waals surface area contributed by atoms with Crippen LogP contribution in [-0.4, -0.2) is 51.0 Å². The predicted molar refractivity (Wildman–Crippen MR) is 130 cm³/mol. The van der Waals surface area contributed by atoms with Crippen LogP contribution in [0.2, 0.25) is 0 Å². The summed E-state index contributed by atoms with van der Waals surface area (Å²) in [7, 11) is -4.23. The number of nitrogens with zero attached hydrogens (tertiary/aromatic N) is 3. The summed E-state index contributed by atoms with van der Waals surface area (Å²) < 4.78 is 29.7. The summed E-state index contributed by atoms with van der Waals surface area (Å²) in [5.74, 6) is -2.27. The zero-order chi connectivity index (χ0) is 26.0. The molecule has 0 spiro atoms. The van der Waals surface area contributed by atoms with Gasteiger partial charge in [-0.05, 0) is 49.2 Å². The topological polar surface area (TPSA) is 181 Å². The first-order chi connectivity index (χ1) is 17.1. The largest absolute Gasteiger partial charge is 0.508 e. The van der Waals surface area contributed by atoms with Crippen molar-refractivity contribution < 1.29 is 28.5 Å². The molecular weight excluding hydrogens is 486 g/mol. The van der Waals surface area contributed by atoms with Crippen LogP contribution in [0, 0.1) is 6.92 Å². The Morgan fingerprint density at radius 3 is 2.39 bits per heavy atom. The Kier molecular flexibility index (Phi) is 6.64. The van der Waals surface area contributed by atoms with Crippen LogP contribution in [0.5, 0.6) is 17.2 Å². The lowest BCUT2D eigenvalue weighted by Crippen LogP contribution is -2.26. The van der Waals surface area contributed by atoms with E-state index in [9.17, 15) is 28.5 Å². The van der Waals surface area contributed by atoms with Gasteiger partial charge in [0.2, 0.25) is 15.8 Å². The van der Waals surface area contributed by atoms with Crippen molar-refractivity contribution in [2.75, 3.05) is 6.54 Å². The van der Waals surface area contributed by atoms with E-state index in [0.29, 0.717) is 11.3 Å². The van der Waals surface area contributed by atoms with Gasteiger partial charge in [0.1, 0.15) is 22.1 Å². The summed E-state index contributed by atoms with van der Waals surface area (Å²) >= 11 is 0. The predicted octanol–water partition coefficient (Wildman–Crippen LogP) is 1.98. The SMILES string of the molecule is Cc1ccc(-n2c(C(N)=O)nnc2-c2cc(S(=O)(=O)NCCc3cccc(O)c3)c(O)cc2O)cc1. The Bertz CT molecular complexity index is 1550. The molecule has 0 radical (unpaired) electrons. The fourth-order valence-electron chi connectivity index (χ4n) is 3.63. The zero-order valence-corrected chi connectivity index (χ0v) is 19.9. The summed E-state index contributed by atoms with van der Waals surface area (Å²) in [5.41, 5.74) is 7.48. The lowest BCUT2D eigenvalue weighted by Gasteiger charge is -2.13. The number of nitrogens with two attached hydrogens (primary N) is 1. The second-order valence-corrected chi connectivity index (χ2v) is 9.77. The summed E-state index contributed by atoms with van der Waals surface area (Å²) in [4.78, 5) is 11.5. The normalized spacial score (nSPS) is 11.5. The molecule has 0 aliphatic carbocycles. The van der Waals surface area contributed by atoms with Crippen LogP contribution in [0.15, 0.2) is 65.6 Å². The van der Waals surface area contributed by atoms with Gasteiger partial charge in [0, 0.05) is 18.3 Å². The standard InChI is InChI=1S/C24H23N5O6S/c1-14-5-7-16(8-6-14)29-23(27-28-24(29)22(25)33)18-12-21(20(32)13-19(18)31)36(34,35)26-10-9-15-3-2-4-17(30)11-15/h2-8,11-13,26,30-32H,9-10H2,1H3,(H2,25,33). The number of aromatic hydroxyl groups is 3. The first kappa shape index (κ1) is 24.7. The number of hydrogen-bond donors (Lipinski definition) is 5. The number of carbonyl (C=O) groups is 1. The smallest absolute Gasteiger partial charge is 0.287 e. The van der Waals surface area contributed by atoms with Gasteiger partial charge < -0.3 is 21.1 Å². The quantitative estimate of drug-likeness (QED) is 0.239. The maximum atomic E-state index is 13.0. The summed E-state index contributed by atoms with van der Waals surface area (Å²) in [6.07, 6.45) is 0.281. The average molecular weight is 510 g/mol. The Morgan fingerprint density at radius 1 is 1.00 bits per heavy atom. The molecule has 0 atom stereocenters. The van der Waals surface area contributed by atoms with E-state index >= 15 is 0 Å². The lowest BCUT2D eigenvalue weighted by atomic mass is 10.1. The third-order valence-electron chi connectivity index (χ3n) is 5.40. The zero-order valence-electron chi connectivity index (χ0n) is 19.1. The molecule has 1 amide bonds. The summed E-state index contributed by atoms with van der Waals surface area (Å²) in [6.45, 7) is 1.86. The molecule has 4 aromatic rings. The molecule has 12 heteroatoms. The third kappa shape index (κ3) is 4.99. The maximum Gasteiger partial charge on any atom is 0.287 e. The number of aromatic nitrogens is 3. The first-order valence-electron chi connectivity index (χ1n) is 10.7. The van der Waals surface area contributed by atoms with Crippen LogP contribution in [0.3, 0.4) is 0 Å². The van der Waals surface area contributed by atoms with E-state index < -0.39 is 32.3 Å². The number of hydrogen-bond acceptors (Lipinski definition) is 8. The van der Waals surface area contributed by atoms with Gasteiger partial charge in [-0.15, -0.1) is 10.2 Å². The van der Waals surface area contributed by atoms with Crippen molar-refractivity contribution in [1.29, 1.82) is 0 Å². The van der Waals surface area contributed by atoms with Gasteiger partial charge in [0.25, 0.3) is 5.91 Å². The fourth-order valence-corrected chi connectivity index (χ4v) is 4.76. The first-order valence-corrected chi connectivity index (χ1v) is 12.2. The number of rotatable bonds is 8. The molecule has 6 N–H and O–H groups in total. The van der Waals surface area contributed by atoms with Crippen LogP contribution in [0.1, 0.15) is 21.7 Å². The van der Waals surface area contributed by atoms with Crippen molar-refractivity contribution >= 4 is 15.9 Å². The summed E-state index contributed by atoms with van der Waals surface area (Å²) in [5, 5.41) is 38.2. The molecule has 0 saturated heterocycles. The van der Waals surface area contributed by atoms with Crippen LogP contribution >= 0.6 is 0 Å². The average Bonchev–Trinajstić information content (AvgIpc) is 3.24. The molecular formula is C24H23N5O6S. The molecule has 1 aromatic heterocycles. The Labute approximate surface area is 206 Å². The van der Waals surface area contributed by atoms with E-state index in [1.165, 1.54) is 16.7 Å². The molecule has 186 valence electrons. The van der Waals surface area contributed by atoms with Crippen molar-refractivity contribution in [2.45, 2.75) is 18.2 Å². The van der Waals surface area contributed by atoms with Crippen molar-refractivity contribution in [3.05, 3.63) is 77.6 Å². The number of sulfonamides is 1. The highest BCUT2D eigenvalue weighted by atomic mass is 32.2. The molecule has 0 aliphatic rings. The van der Waals surface area contributed by atoms with E-state index in [0.717, 1.165) is 17.7 Å². The maximum absolute atomic E-state index is 13.0. The van der Waals surface area contributed by atoms with Gasteiger partial charge >= 0.3 is 0 Å². The van der Waals surface area contributed by atoms with E-state index in [1.54, 1.807) is 36.4 Å². The highest BCUT2D eigenvalue weighted by Crippen LogP contribution is 2.37. The number of primary amides is 1. The molecule has 0 fully saturated rings. The van der Waals surface area contributed by atoms with Gasteiger partial charge in [-0.3, -0.25) is 9.36 Å². The summed E-state index contributed by atoms with van der Waals surface area (Å²) in [6, 6.07) is 15.2. The minimum Gasteiger partial charge on any atom is -0.508 e. The molecule has 36 heavy (non-hydrogen) atoms. The number of amides is 1. The molecule has 0 unspecified atom stereocenters. The number of carbonyl (C=O) groups excluding carboxylic acids is 1. The van der Waals surface area contributed by atoms with E-state index in [4.69, 9.17) is 5.73 Å². The van der Waals surface area contributed by atoms with Gasteiger partial charge in [0.15, 0.2) is 5.82 Å². The van der Waals surface area contributed by atoms with Gasteiger partial charge in [-0.2, -0.15) is 0 Å². The van der Waals surface area contributed by atoms with Crippen LogP contribution in [-0.2, 0) is 16.4 Å². The Morgan fingerprint density at radius 2 is 1.72 bits per heavy atom. The van der Waals surface area contributed by atoms with E-state index in [2.05, 4.69) is 14.9 Å². The van der Waals surface area contributed by atoms with Gasteiger partial charge in [-0.1, -0.05) is 29.8 Å². The minimum absolute atomic E-state index is 0.0210. The van der Waals surface area contributed by atoms with Crippen molar-refractivity contribution in [1.82, 2.24) is 19.5 Å². The fraction of sp³-hybridized carbons (Fsp3) is 0.125. The number of aryl methyl sites for hydroxylation is 1. The highest BCUT2D eigenvalue weighted by molar-refractivity contribution is 7.89. The van der Waals surface area contributed by atoms with Crippen LogP contribution in [0.25, 0.3) is 17.1 Å². The van der Waals surface area contributed by atoms with Gasteiger partial charge in [-0.25, -0.2) is 13.1 Å². The highest BCUT2D eigenvalue weighted by Gasteiger charge is 2.26. The number of phenols is 3. The van der Waals surface area contributed by atoms with Crippen LogP contribution < -0.4 is 10.5 Å². The van der Waals surface area contributed by atoms with E-state index in [-0.39, 0.29) is 35.9 Å². The Balaban J connectivity index is 1.73. The second-order valence-electron chi connectivity index (χ2n) is 8.04. The van der Waals surface area contributed by atoms with Crippen molar-refractivity contribution in [3.63, 3.8) is 0 Å². The Hall–Kier alpha value is -4.42. The molecule has 4 rings (SSSR count). The van der Waals surface area contributed by atoms with Gasteiger partial charge in [0.05, 0.1) is 5.56 Å². The minimum atomic E-state index is -4.23. The lowest BCUT2D eigenvalue weighted by molar-refractivity contribution is 0.0988. The van der Waals surface area contributed by atoms with E-state index in [1.807, 2.05) is 6.92 Å². The van der Waals surface area contributed by atoms with Crippen molar-refractivity contribution in [2.24, 2.45) is 5.73 Å². The molecule has 0 bridgehead atoms. The molecule has 0 aliphatic heterocycles. The molecule has 0 saturated carbocycles. The molecule has 3 aromatic carbocycles. The number of phenolic OH excluding ortho intramolecular Hbond substituents is 3. The molecule has 11 nitrogen and oxygen atoms in total. The number of nitrogens with one attached hydrogen (secondary N) is 1. The second kappa shape index (κ2) is 9.68. The number of benzene rings is 3. The monoisotopic (exact) mass is 509 g/mol. The van der Waals surface area contributed by atoms with Crippen molar-refractivity contribution in [3.8, 4) is 34.3 Å².